The van der Waals surface area contributed by atoms with E-state index >= 15 is 0 Å². The van der Waals surface area contributed by atoms with Crippen molar-refractivity contribution in [1.29, 1.82) is 0 Å². The van der Waals surface area contributed by atoms with Crippen LogP contribution in [0.1, 0.15) is 41.5 Å². The minimum absolute atomic E-state index is 0.217. The van der Waals surface area contributed by atoms with Crippen LogP contribution in [0.5, 0.6) is 5.75 Å². The van der Waals surface area contributed by atoms with Gasteiger partial charge in [0.05, 0.1) is 11.1 Å². The van der Waals surface area contributed by atoms with Crippen LogP contribution in [-0.4, -0.2) is 41.2 Å². The molecule has 1 aliphatic rings. The number of hydrogen-bond acceptors (Lipinski definition) is 6. The highest BCUT2D eigenvalue weighted by Gasteiger charge is 2.40. The number of hydroxylamine groups is 2. The molecule has 2 amide bonds. The monoisotopic (exact) mass is 461 g/mol. The maximum absolute atomic E-state index is 12.6. The van der Waals surface area contributed by atoms with Crippen molar-refractivity contribution in [2.24, 2.45) is 0 Å². The molecule has 1 aliphatic heterocycles. The maximum Gasteiger partial charge on any atom is 0.342 e. The fourth-order valence-corrected chi connectivity index (χ4v) is 2.87. The molecule has 152 valence electrons. The van der Waals surface area contributed by atoms with Crippen molar-refractivity contribution in [2.75, 3.05) is 6.61 Å². The summed E-state index contributed by atoms with van der Waals surface area (Å²) in [5.41, 5.74) is -0.346. The molecule has 1 unspecified atom stereocenters. The molecular weight excluding hydrogens is 442 g/mol. The molecule has 0 fully saturated rings. The Kier molecular flexibility index (Phi) is 6.04. The quantitative estimate of drug-likeness (QED) is 0.480. The Hall–Kier alpha value is -2.71. The lowest BCUT2D eigenvalue weighted by atomic mass is 10.1. The van der Waals surface area contributed by atoms with Gasteiger partial charge in [0.2, 0.25) is 6.10 Å². The second-order valence-electron chi connectivity index (χ2n) is 7.34. The Morgan fingerprint density at radius 3 is 2.07 bits per heavy atom. The molecule has 0 saturated heterocycles. The summed E-state index contributed by atoms with van der Waals surface area (Å²) in [4.78, 5) is 43.2. The first kappa shape index (κ1) is 21.0. The van der Waals surface area contributed by atoms with Crippen LogP contribution in [0.15, 0.2) is 53.0 Å². The summed E-state index contributed by atoms with van der Waals surface area (Å²) in [5.74, 6) is -1.52. The van der Waals surface area contributed by atoms with Gasteiger partial charge in [0, 0.05) is 4.47 Å². The van der Waals surface area contributed by atoms with E-state index in [0.29, 0.717) is 10.8 Å². The Balaban J connectivity index is 1.78. The van der Waals surface area contributed by atoms with Crippen molar-refractivity contribution in [2.45, 2.75) is 32.5 Å². The van der Waals surface area contributed by atoms with Gasteiger partial charge in [-0.1, -0.05) is 28.1 Å². The Morgan fingerprint density at radius 1 is 1.00 bits per heavy atom. The van der Waals surface area contributed by atoms with Crippen LogP contribution in [0.2, 0.25) is 0 Å². The molecule has 1 atom stereocenters. The number of esters is 1. The third-order valence-electron chi connectivity index (χ3n) is 3.87. The molecule has 0 saturated carbocycles. The van der Waals surface area contributed by atoms with Crippen molar-refractivity contribution in [3.05, 3.63) is 64.1 Å². The van der Waals surface area contributed by atoms with Crippen LogP contribution in [0.3, 0.4) is 0 Å². The van der Waals surface area contributed by atoms with Crippen molar-refractivity contribution in [1.82, 2.24) is 5.06 Å². The van der Waals surface area contributed by atoms with Crippen molar-refractivity contribution in [3.63, 3.8) is 0 Å². The summed E-state index contributed by atoms with van der Waals surface area (Å²) < 4.78 is 11.9. The number of imide groups is 1. The summed E-state index contributed by atoms with van der Waals surface area (Å²) in [7, 11) is 0. The molecule has 8 heteroatoms. The predicted octanol–water partition coefficient (Wildman–Crippen LogP) is 3.77. The average Bonchev–Trinajstić information content (AvgIpc) is 2.90. The first-order chi connectivity index (χ1) is 13.7. The number of halogens is 1. The van der Waals surface area contributed by atoms with Crippen LogP contribution in [-0.2, 0) is 14.4 Å². The molecular formula is C21H20BrNO6. The minimum Gasteiger partial charge on any atom is -0.490 e. The van der Waals surface area contributed by atoms with Gasteiger partial charge in [0.1, 0.15) is 18.0 Å². The molecule has 29 heavy (non-hydrogen) atoms. The van der Waals surface area contributed by atoms with E-state index in [-0.39, 0.29) is 17.7 Å². The highest BCUT2D eigenvalue weighted by molar-refractivity contribution is 9.10. The zero-order valence-corrected chi connectivity index (χ0v) is 17.8. The molecule has 7 nitrogen and oxygen atoms in total. The first-order valence-electron chi connectivity index (χ1n) is 8.91. The Labute approximate surface area is 176 Å². The van der Waals surface area contributed by atoms with Gasteiger partial charge in [-0.05, 0) is 57.2 Å². The number of hydrogen-bond donors (Lipinski definition) is 0. The Morgan fingerprint density at radius 2 is 1.55 bits per heavy atom. The van der Waals surface area contributed by atoms with E-state index < -0.39 is 29.5 Å². The lowest BCUT2D eigenvalue weighted by Crippen LogP contribution is -2.43. The van der Waals surface area contributed by atoms with Gasteiger partial charge in [-0.2, -0.15) is 0 Å². The van der Waals surface area contributed by atoms with E-state index in [9.17, 15) is 14.4 Å². The van der Waals surface area contributed by atoms with E-state index in [0.717, 1.165) is 4.47 Å². The fourth-order valence-electron chi connectivity index (χ4n) is 2.60. The number of carbonyl (C=O) groups excluding carboxylic acids is 3. The molecule has 0 bridgehead atoms. The number of benzene rings is 2. The summed E-state index contributed by atoms with van der Waals surface area (Å²) in [6.07, 6.45) is -1.32. The molecule has 3 rings (SSSR count). The first-order valence-corrected chi connectivity index (χ1v) is 9.71. The smallest absolute Gasteiger partial charge is 0.342 e. The number of carbonyl (C=O) groups is 3. The van der Waals surface area contributed by atoms with Crippen molar-refractivity contribution < 1.29 is 28.7 Å². The number of fused-ring (bicyclic) bond motifs is 1. The van der Waals surface area contributed by atoms with Crippen molar-refractivity contribution >= 4 is 33.7 Å². The maximum atomic E-state index is 12.6. The second-order valence-corrected chi connectivity index (χ2v) is 8.26. The third-order valence-corrected chi connectivity index (χ3v) is 4.40. The molecule has 0 spiro atoms. The van der Waals surface area contributed by atoms with E-state index in [2.05, 4.69) is 15.9 Å². The van der Waals surface area contributed by atoms with Crippen LogP contribution in [0, 0.1) is 0 Å². The normalized spacial score (nSPS) is 14.6. The van der Waals surface area contributed by atoms with Crippen LogP contribution < -0.4 is 4.74 Å². The van der Waals surface area contributed by atoms with Gasteiger partial charge in [-0.25, -0.2) is 9.63 Å². The minimum atomic E-state index is -1.32. The number of amides is 2. The predicted molar refractivity (Wildman–Crippen MR) is 107 cm³/mol. The van der Waals surface area contributed by atoms with Crippen molar-refractivity contribution in [3.8, 4) is 5.75 Å². The molecule has 0 N–H and O–H groups in total. The van der Waals surface area contributed by atoms with Crippen LogP contribution in [0.4, 0.5) is 0 Å². The third kappa shape index (κ3) is 5.02. The molecule has 0 aliphatic carbocycles. The Bertz CT molecular complexity index is 900. The molecule has 0 radical (unpaired) electrons. The van der Waals surface area contributed by atoms with E-state index in [4.69, 9.17) is 14.3 Å². The van der Waals surface area contributed by atoms with Gasteiger partial charge < -0.3 is 9.47 Å². The zero-order valence-electron chi connectivity index (χ0n) is 16.2. The molecule has 1 heterocycles. The number of rotatable bonds is 6. The zero-order chi connectivity index (χ0) is 21.2. The van der Waals surface area contributed by atoms with E-state index in [1.807, 2.05) is 0 Å². The summed E-state index contributed by atoms with van der Waals surface area (Å²) in [6.45, 7) is 4.88. The van der Waals surface area contributed by atoms with Crippen LogP contribution >= 0.6 is 15.9 Å². The highest BCUT2D eigenvalue weighted by atomic mass is 79.9. The highest BCUT2D eigenvalue weighted by Crippen LogP contribution is 2.24. The lowest BCUT2D eigenvalue weighted by Gasteiger charge is -2.26. The van der Waals surface area contributed by atoms with Gasteiger partial charge in [-0.15, -0.1) is 5.06 Å². The van der Waals surface area contributed by atoms with Crippen LogP contribution in [0.25, 0.3) is 0 Å². The number of nitrogens with zero attached hydrogens (tertiary/aromatic N) is 1. The fraction of sp³-hybridized carbons (Fsp3) is 0.286. The molecule has 0 aromatic heterocycles. The topological polar surface area (TPSA) is 82.1 Å². The van der Waals surface area contributed by atoms with Gasteiger partial charge >= 0.3 is 5.97 Å². The number of ether oxygens (including phenoxy) is 2. The largest absolute Gasteiger partial charge is 0.490 e. The summed E-state index contributed by atoms with van der Waals surface area (Å²) in [6, 6.07) is 13.3. The lowest BCUT2D eigenvalue weighted by molar-refractivity contribution is -0.193. The standard InChI is InChI=1S/C21H20BrNO6/c1-21(2,3)28-20(26)17(12-27-14-10-8-13(22)9-11-14)29-23-18(24)15-6-4-5-7-16(15)19(23)25/h4-11,17H,12H2,1-3H3. The molecule has 2 aromatic rings. The second kappa shape index (κ2) is 8.34. The van der Waals surface area contributed by atoms with Gasteiger partial charge in [0.25, 0.3) is 11.8 Å². The summed E-state index contributed by atoms with van der Waals surface area (Å²) >= 11 is 3.33. The van der Waals surface area contributed by atoms with E-state index in [1.165, 1.54) is 12.1 Å². The SMILES string of the molecule is CC(C)(C)OC(=O)C(COc1ccc(Br)cc1)ON1C(=O)c2ccccc2C1=O. The average molecular weight is 462 g/mol. The van der Waals surface area contributed by atoms with E-state index in [1.54, 1.807) is 57.2 Å². The van der Waals surface area contributed by atoms with Gasteiger partial charge in [0.15, 0.2) is 0 Å². The van der Waals surface area contributed by atoms with Gasteiger partial charge in [-0.3, -0.25) is 9.59 Å². The summed E-state index contributed by atoms with van der Waals surface area (Å²) in [5, 5.41) is 0.587. The molecule has 2 aromatic carbocycles.